The first-order chi connectivity index (χ1) is 32.1. The number of aliphatic hydroxyl groups is 1. The maximum atomic E-state index is 11.8. The van der Waals surface area contributed by atoms with Gasteiger partial charge in [-0.25, -0.2) is 4.79 Å². The van der Waals surface area contributed by atoms with E-state index in [1.165, 1.54) is 23.4 Å². The molecule has 4 amide bonds. The van der Waals surface area contributed by atoms with Gasteiger partial charge in [-0.05, 0) is 83.1 Å². The van der Waals surface area contributed by atoms with E-state index >= 15 is 0 Å². The maximum Gasteiger partial charge on any atom is 0.358 e. The number of Topliss-reactive ketones (excluding diaryl/α,β-unsaturated/α-hetero) is 1. The summed E-state index contributed by atoms with van der Waals surface area (Å²) in [6, 6.07) is 26.6. The van der Waals surface area contributed by atoms with Crippen molar-refractivity contribution in [2.75, 3.05) is 22.5 Å². The number of aromatic carboxylic acids is 1. The van der Waals surface area contributed by atoms with Crippen LogP contribution in [0.3, 0.4) is 0 Å². The quantitative estimate of drug-likeness (QED) is 0.0128. The largest absolute Gasteiger partial charge is 0.510 e. The van der Waals surface area contributed by atoms with Gasteiger partial charge in [-0.15, -0.1) is 15.1 Å². The summed E-state index contributed by atoms with van der Waals surface area (Å²) < 4.78 is 0. The molecule has 0 aliphatic heterocycles. The van der Waals surface area contributed by atoms with Crippen LogP contribution in [0.15, 0.2) is 123 Å². The molecule has 0 fully saturated rings. The van der Waals surface area contributed by atoms with Crippen LogP contribution >= 0.6 is 0 Å². The molecule has 3 aromatic carbocycles. The Labute approximate surface area is 389 Å². The molecular weight excluding hydrogens is 887 g/mol. The number of carboxylic acid groups (broad SMARTS) is 1. The van der Waals surface area contributed by atoms with E-state index in [0.717, 1.165) is 0 Å². The fourth-order valence-electron chi connectivity index (χ4n) is 4.82. The number of aryl methyl sites for hydroxylation is 4. The molecule has 2 aromatic heterocycles. The van der Waals surface area contributed by atoms with Crippen LogP contribution in [-0.4, -0.2) is 105 Å². The summed E-state index contributed by atoms with van der Waals surface area (Å²) in [5.74, 6) is -3.90. The molecule has 25 heteroatoms. The number of ketones is 1. The number of carbonyl (C=O) groups excluding carboxylic acids is 5. The van der Waals surface area contributed by atoms with Gasteiger partial charge in [0, 0.05) is 37.7 Å². The minimum atomic E-state index is -1.04. The maximum absolute atomic E-state index is 11.8. The predicted molar refractivity (Wildman–Crippen MR) is 253 cm³/mol. The zero-order chi connectivity index (χ0) is 51.3. The molecule has 5 rings (SSSR count). The number of carboxylic acids is 1. The molecule has 0 unspecified atom stereocenters. The highest BCUT2D eigenvalue weighted by atomic mass is 16.4. The van der Waals surface area contributed by atoms with E-state index in [-0.39, 0.29) is 41.2 Å². The Morgan fingerprint density at radius 3 is 1.41 bits per heavy atom. The highest BCUT2D eigenvalue weighted by Gasteiger charge is 2.17. The van der Waals surface area contributed by atoms with E-state index in [0.29, 0.717) is 40.7 Å². The molecule has 0 atom stereocenters. The van der Waals surface area contributed by atoms with Crippen molar-refractivity contribution >= 4 is 69.8 Å². The zero-order valence-electron chi connectivity index (χ0n) is 38.4. The SMILES string of the molecule is CC(=O)CC(=O)Nc1ccccc1.CC(O)=C(N=O)C(=O)Nc1ccccc1.CCN=C(C)/C(=N/O)C(=O)Nc1ccccc1.Cc1nn(C)nc1C(=O)N=C(N)N.Cc1nn(C)nc1C(=O)O. The summed E-state index contributed by atoms with van der Waals surface area (Å²) in [5, 5.41) is 54.4. The number of amides is 4. The summed E-state index contributed by atoms with van der Waals surface area (Å²) >= 11 is 0. The van der Waals surface area contributed by atoms with Crippen molar-refractivity contribution < 1.29 is 44.2 Å². The lowest BCUT2D eigenvalue weighted by atomic mass is 10.2. The Hall–Kier alpha value is -9.29. The second-order valence-electron chi connectivity index (χ2n) is 13.4. The van der Waals surface area contributed by atoms with Crippen LogP contribution in [0.25, 0.3) is 0 Å². The van der Waals surface area contributed by atoms with Crippen molar-refractivity contribution in [3.63, 3.8) is 0 Å². The van der Waals surface area contributed by atoms with Gasteiger partial charge >= 0.3 is 11.9 Å². The fourth-order valence-corrected chi connectivity index (χ4v) is 4.82. The Morgan fingerprint density at radius 1 is 0.662 bits per heavy atom. The van der Waals surface area contributed by atoms with Gasteiger partial charge in [-0.1, -0.05) is 59.8 Å². The van der Waals surface area contributed by atoms with Gasteiger partial charge in [-0.3, -0.25) is 29.0 Å². The molecule has 0 bridgehead atoms. The number of hydrogen-bond donors (Lipinski definition) is 8. The van der Waals surface area contributed by atoms with Crippen LogP contribution in [0.5, 0.6) is 0 Å². The molecule has 360 valence electrons. The van der Waals surface area contributed by atoms with Crippen molar-refractivity contribution in [2.45, 2.75) is 48.0 Å². The van der Waals surface area contributed by atoms with Gasteiger partial charge in [0.25, 0.3) is 11.8 Å². The van der Waals surface area contributed by atoms with Gasteiger partial charge in [0.05, 0.1) is 23.5 Å². The van der Waals surface area contributed by atoms with Gasteiger partial charge < -0.3 is 42.8 Å². The number of nitrogens with zero attached hydrogens (tertiary/aromatic N) is 10. The Bertz CT molecular complexity index is 2600. The number of hydrogen-bond acceptors (Lipinski definition) is 16. The van der Waals surface area contributed by atoms with Crippen LogP contribution in [0.2, 0.25) is 0 Å². The molecular formula is C43H53N15O10. The number of allylic oxidation sites excluding steroid dienone is 1. The van der Waals surface area contributed by atoms with Gasteiger partial charge in [0.2, 0.25) is 11.6 Å². The topological polar surface area (TPSA) is 379 Å². The monoisotopic (exact) mass is 939 g/mol. The summed E-state index contributed by atoms with van der Waals surface area (Å²) in [6.45, 7) is 9.88. The Kier molecular flexibility index (Phi) is 25.0. The van der Waals surface area contributed by atoms with E-state index < -0.39 is 35.1 Å². The number of anilines is 3. The Balaban J connectivity index is 0.000000429. The predicted octanol–water partition coefficient (Wildman–Crippen LogP) is 4.08. The van der Waals surface area contributed by atoms with Crippen molar-refractivity contribution in [3.8, 4) is 0 Å². The summed E-state index contributed by atoms with van der Waals surface area (Å²) in [7, 11) is 3.19. The molecule has 0 aliphatic carbocycles. The molecule has 0 saturated carbocycles. The fraction of sp³-hybridized carbons (Fsp3) is 0.233. The number of carbonyl (C=O) groups is 6. The number of para-hydroxylation sites is 3. The van der Waals surface area contributed by atoms with Crippen LogP contribution < -0.4 is 27.4 Å². The number of nitrogens with one attached hydrogen (secondary N) is 3. The lowest BCUT2D eigenvalue weighted by molar-refractivity contribution is -0.124. The molecule has 0 aliphatic rings. The lowest BCUT2D eigenvalue weighted by Crippen LogP contribution is -2.28. The third-order valence-electron chi connectivity index (χ3n) is 7.63. The number of guanidine groups is 1. The molecule has 0 spiro atoms. The van der Waals surface area contributed by atoms with E-state index in [4.69, 9.17) is 26.9 Å². The summed E-state index contributed by atoms with van der Waals surface area (Å²) in [5.41, 5.74) is 12.9. The van der Waals surface area contributed by atoms with E-state index in [1.807, 2.05) is 31.2 Å². The van der Waals surface area contributed by atoms with E-state index in [9.17, 15) is 33.7 Å². The van der Waals surface area contributed by atoms with Crippen LogP contribution in [0.1, 0.15) is 66.5 Å². The smallest absolute Gasteiger partial charge is 0.358 e. The van der Waals surface area contributed by atoms with Crippen molar-refractivity contribution in [1.82, 2.24) is 30.0 Å². The standard InChI is InChI=1S/C12H15N3O2.C10H10N2O3.C10H11NO2.C6H10N6O.C5H7N3O2/c1-3-13-9(2)11(15-17)12(16)14-10-7-5-4-6-8-10;1-7(13)9(12-15)10(14)11-8-5-3-2-4-6-8;1-8(12)7-10(13)11-9-5-3-2-4-6-9;1-3-4(11-12(2)10-3)5(13)9-6(7)8;1-3-4(5(9)10)7-8(2)6-3/h4-8,17H,3H2,1-2H3,(H,14,16);2-6,13H,1H3,(H,11,14);2-6H,7H2,1H3,(H,11,13);1-2H3,(H4,7,8,9,13);1-2H3,(H,9,10)/b13-9?,15-11-;;;;. The molecule has 0 saturated heterocycles. The highest BCUT2D eigenvalue weighted by molar-refractivity contribution is 6.68. The molecule has 10 N–H and O–H groups in total. The molecule has 2 heterocycles. The first-order valence-electron chi connectivity index (χ1n) is 19.8. The number of rotatable bonds is 12. The molecule has 5 aromatic rings. The van der Waals surface area contributed by atoms with E-state index in [2.05, 4.69) is 56.7 Å². The van der Waals surface area contributed by atoms with Crippen molar-refractivity contribution in [1.29, 1.82) is 0 Å². The second kappa shape index (κ2) is 30.0. The van der Waals surface area contributed by atoms with Gasteiger partial charge in [0.1, 0.15) is 11.5 Å². The first-order valence-corrected chi connectivity index (χ1v) is 19.8. The third kappa shape index (κ3) is 21.9. The number of aromatic nitrogens is 6. The van der Waals surface area contributed by atoms with Crippen LogP contribution in [0.4, 0.5) is 17.1 Å². The third-order valence-corrected chi connectivity index (χ3v) is 7.63. The Morgan fingerprint density at radius 2 is 1.09 bits per heavy atom. The zero-order valence-corrected chi connectivity index (χ0v) is 38.4. The normalized spacial score (nSPS) is 10.7. The average Bonchev–Trinajstić information content (AvgIpc) is 3.80. The number of aliphatic imine (C=N–C) groups is 2. The van der Waals surface area contributed by atoms with Crippen LogP contribution in [0, 0.1) is 18.8 Å². The highest BCUT2D eigenvalue weighted by Crippen LogP contribution is 2.10. The van der Waals surface area contributed by atoms with Crippen LogP contribution in [-0.2, 0) is 33.3 Å². The number of oxime groups is 1. The molecule has 25 nitrogen and oxygen atoms in total. The number of benzene rings is 3. The van der Waals surface area contributed by atoms with E-state index in [1.54, 1.807) is 102 Å². The average molecular weight is 940 g/mol. The first kappa shape index (κ1) is 56.7. The number of nitrogens with two attached hydrogens (primary N) is 2. The number of nitroso groups, excluding NO2 is 1. The summed E-state index contributed by atoms with van der Waals surface area (Å²) in [4.78, 5) is 86.5. The number of aliphatic hydroxyl groups excluding tert-OH is 1. The van der Waals surface area contributed by atoms with Crippen molar-refractivity contribution in [3.05, 3.63) is 130 Å². The molecule has 68 heavy (non-hydrogen) atoms. The minimum absolute atomic E-state index is 0.0162. The van der Waals surface area contributed by atoms with Gasteiger partial charge in [-0.2, -0.15) is 24.8 Å². The summed E-state index contributed by atoms with van der Waals surface area (Å²) in [6.07, 6.45) is -0.0606. The second-order valence-corrected chi connectivity index (χ2v) is 13.4. The minimum Gasteiger partial charge on any atom is -0.510 e. The lowest BCUT2D eigenvalue weighted by Gasteiger charge is -2.05. The van der Waals surface area contributed by atoms with Gasteiger partial charge in [0.15, 0.2) is 23.1 Å². The van der Waals surface area contributed by atoms with Crippen molar-refractivity contribution in [2.24, 2.45) is 45.9 Å². The molecule has 0 radical (unpaired) electrons.